The van der Waals surface area contributed by atoms with Gasteiger partial charge in [-0.05, 0) is 37.5 Å². The number of hydrogen-bond acceptors (Lipinski definition) is 6. The minimum absolute atomic E-state index is 0.128. The number of rotatable bonds is 1. The summed E-state index contributed by atoms with van der Waals surface area (Å²) in [5, 5.41) is 7.76. The van der Waals surface area contributed by atoms with E-state index in [9.17, 15) is 14.4 Å². The van der Waals surface area contributed by atoms with Crippen LogP contribution in [0.5, 0.6) is 5.75 Å². The van der Waals surface area contributed by atoms with Crippen LogP contribution < -0.4 is 15.4 Å². The Morgan fingerprint density at radius 2 is 2.06 bits per heavy atom. The molecule has 0 unspecified atom stereocenters. The Morgan fingerprint density at radius 3 is 2.91 bits per heavy atom. The molecule has 4 heterocycles. The first-order valence-electron chi connectivity index (χ1n) is 11.0. The summed E-state index contributed by atoms with van der Waals surface area (Å²) in [7, 11) is 0. The summed E-state index contributed by atoms with van der Waals surface area (Å²) >= 11 is 1.46. The van der Waals surface area contributed by atoms with Gasteiger partial charge in [0.2, 0.25) is 5.91 Å². The third-order valence-corrected chi connectivity index (χ3v) is 6.99. The molecule has 2 atom stereocenters. The first-order valence-corrected chi connectivity index (χ1v) is 11.9. The van der Waals surface area contributed by atoms with Crippen LogP contribution in [0.15, 0.2) is 36.0 Å². The second kappa shape index (κ2) is 8.86. The number of ether oxygens (including phenoxy) is 1. The number of hydrogen-bond donors (Lipinski definition) is 2. The molecule has 5 rings (SSSR count). The summed E-state index contributed by atoms with van der Waals surface area (Å²) in [5.41, 5.74) is 1.76. The van der Waals surface area contributed by atoms with Crippen molar-refractivity contribution in [2.24, 2.45) is 0 Å². The van der Waals surface area contributed by atoms with Crippen molar-refractivity contribution >= 4 is 34.0 Å². The predicted molar refractivity (Wildman–Crippen MR) is 123 cm³/mol. The molecule has 1 saturated heterocycles. The number of thiazole rings is 1. The van der Waals surface area contributed by atoms with Crippen molar-refractivity contribution in [1.29, 1.82) is 0 Å². The lowest BCUT2D eigenvalue weighted by atomic mass is 10.1. The van der Waals surface area contributed by atoms with Gasteiger partial charge in [-0.15, -0.1) is 11.3 Å². The third kappa shape index (κ3) is 4.30. The SMILES string of the molecule is Cc1ccc2cc1OCCNC(=O)C[C@@H]1CC[C@H](CNC2=O)N1C(=O)c1cn2ccsc2n1. The van der Waals surface area contributed by atoms with Crippen molar-refractivity contribution in [2.75, 3.05) is 19.7 Å². The van der Waals surface area contributed by atoms with E-state index in [1.807, 2.05) is 29.0 Å². The molecule has 2 N–H and O–H groups in total. The smallest absolute Gasteiger partial charge is 0.274 e. The van der Waals surface area contributed by atoms with Crippen LogP contribution in [0, 0.1) is 6.92 Å². The van der Waals surface area contributed by atoms with Crippen LogP contribution in [0.2, 0.25) is 0 Å². The van der Waals surface area contributed by atoms with Crippen LogP contribution >= 0.6 is 11.3 Å². The summed E-state index contributed by atoms with van der Waals surface area (Å²) in [6, 6.07) is 4.84. The Morgan fingerprint density at radius 1 is 1.21 bits per heavy atom. The lowest BCUT2D eigenvalue weighted by molar-refractivity contribution is -0.122. The zero-order valence-electron chi connectivity index (χ0n) is 18.2. The molecule has 0 aliphatic carbocycles. The van der Waals surface area contributed by atoms with E-state index in [1.54, 1.807) is 23.2 Å². The van der Waals surface area contributed by atoms with Gasteiger partial charge in [-0.1, -0.05) is 6.07 Å². The van der Waals surface area contributed by atoms with Crippen LogP contribution in [-0.2, 0) is 4.79 Å². The molecule has 33 heavy (non-hydrogen) atoms. The number of fused-ring (bicyclic) bond motifs is 5. The number of benzene rings is 1. The second-order valence-electron chi connectivity index (χ2n) is 8.41. The minimum atomic E-state index is -0.256. The van der Waals surface area contributed by atoms with E-state index in [0.717, 1.165) is 10.5 Å². The normalized spacial score (nSPS) is 21.7. The van der Waals surface area contributed by atoms with Gasteiger partial charge in [-0.2, -0.15) is 0 Å². The van der Waals surface area contributed by atoms with Crippen molar-refractivity contribution < 1.29 is 19.1 Å². The second-order valence-corrected chi connectivity index (χ2v) is 9.28. The van der Waals surface area contributed by atoms with Crippen LogP contribution in [-0.4, -0.2) is 63.8 Å². The first kappa shape index (κ1) is 21.4. The maximum atomic E-state index is 13.5. The highest BCUT2D eigenvalue weighted by Gasteiger charge is 2.39. The molecule has 1 aromatic carbocycles. The van der Waals surface area contributed by atoms with Gasteiger partial charge in [0, 0.05) is 48.4 Å². The monoisotopic (exact) mass is 467 g/mol. The highest BCUT2D eigenvalue weighted by Crippen LogP contribution is 2.29. The maximum Gasteiger partial charge on any atom is 0.274 e. The number of carbonyl (C=O) groups is 3. The van der Waals surface area contributed by atoms with Gasteiger partial charge in [0.05, 0.1) is 6.54 Å². The minimum Gasteiger partial charge on any atom is -0.491 e. The molecule has 2 aliphatic heterocycles. The number of amides is 3. The van der Waals surface area contributed by atoms with E-state index in [-0.39, 0.29) is 36.2 Å². The average Bonchev–Trinajstić information content (AvgIpc) is 3.50. The van der Waals surface area contributed by atoms with Crippen LogP contribution in [0.1, 0.15) is 45.7 Å². The average molecular weight is 468 g/mol. The van der Waals surface area contributed by atoms with Gasteiger partial charge in [-0.3, -0.25) is 18.8 Å². The van der Waals surface area contributed by atoms with Crippen LogP contribution in [0.3, 0.4) is 0 Å². The zero-order chi connectivity index (χ0) is 22.9. The van der Waals surface area contributed by atoms with E-state index in [1.165, 1.54) is 11.3 Å². The lowest BCUT2D eigenvalue weighted by Crippen LogP contribution is -2.48. The number of imidazole rings is 1. The number of aryl methyl sites for hydroxylation is 1. The lowest BCUT2D eigenvalue weighted by Gasteiger charge is -2.30. The van der Waals surface area contributed by atoms with Gasteiger partial charge in [0.15, 0.2) is 4.96 Å². The number of nitrogens with zero attached hydrogens (tertiary/aromatic N) is 3. The Hall–Kier alpha value is -3.40. The van der Waals surface area contributed by atoms with Crippen LogP contribution in [0.4, 0.5) is 0 Å². The quantitative estimate of drug-likeness (QED) is 0.570. The molecule has 1 fully saturated rings. The van der Waals surface area contributed by atoms with Gasteiger partial charge in [0.25, 0.3) is 11.8 Å². The summed E-state index contributed by atoms with van der Waals surface area (Å²) < 4.78 is 7.60. The largest absolute Gasteiger partial charge is 0.491 e. The van der Waals surface area contributed by atoms with Gasteiger partial charge in [0.1, 0.15) is 18.1 Å². The Kier molecular flexibility index (Phi) is 5.76. The maximum absolute atomic E-state index is 13.5. The molecule has 0 saturated carbocycles. The van der Waals surface area contributed by atoms with Gasteiger partial charge < -0.3 is 20.3 Å². The summed E-state index contributed by atoms with van der Waals surface area (Å²) in [6.45, 7) is 2.84. The zero-order valence-corrected chi connectivity index (χ0v) is 19.1. The highest BCUT2D eigenvalue weighted by atomic mass is 32.1. The summed E-state index contributed by atoms with van der Waals surface area (Å²) in [5.74, 6) is 0.0510. The molecule has 3 aromatic rings. The number of aromatic nitrogens is 2. The fourth-order valence-corrected chi connectivity index (χ4v) is 5.20. The molecule has 4 bridgehead atoms. The van der Waals surface area contributed by atoms with Crippen LogP contribution in [0.25, 0.3) is 4.96 Å². The standard InChI is InChI=1S/C23H25N5O4S/c1-14-2-3-15-10-19(14)32-8-6-24-20(29)11-16-4-5-17(12-25-21(15)30)28(16)22(31)18-13-27-7-9-33-23(27)26-18/h2-3,7,9-10,13,16-17H,4-6,8,11-12H2,1H3,(H,24,29)(H,25,30)/t16-,17+/m0/s1. The topological polar surface area (TPSA) is 105 Å². The van der Waals surface area contributed by atoms with Crippen molar-refractivity contribution in [2.45, 2.75) is 38.3 Å². The van der Waals surface area contributed by atoms with Crippen molar-refractivity contribution in [3.8, 4) is 5.75 Å². The number of carbonyl (C=O) groups excluding carboxylic acids is 3. The molecule has 9 nitrogen and oxygen atoms in total. The molecule has 2 aromatic heterocycles. The fourth-order valence-electron chi connectivity index (χ4n) is 4.50. The highest BCUT2D eigenvalue weighted by molar-refractivity contribution is 7.15. The molecule has 0 radical (unpaired) electrons. The van der Waals surface area contributed by atoms with Crippen molar-refractivity contribution in [3.05, 3.63) is 52.8 Å². The van der Waals surface area contributed by atoms with E-state index < -0.39 is 0 Å². The van der Waals surface area contributed by atoms with E-state index in [2.05, 4.69) is 15.6 Å². The third-order valence-electron chi connectivity index (χ3n) is 6.22. The molecule has 0 spiro atoms. The molecule has 3 amide bonds. The van der Waals surface area contributed by atoms with E-state index >= 15 is 0 Å². The molecule has 10 heteroatoms. The van der Waals surface area contributed by atoms with Crippen molar-refractivity contribution in [1.82, 2.24) is 24.9 Å². The summed E-state index contributed by atoms with van der Waals surface area (Å²) in [6.07, 6.45) is 5.16. The number of nitrogens with one attached hydrogen (secondary N) is 2. The molecule has 2 aliphatic rings. The van der Waals surface area contributed by atoms with Crippen molar-refractivity contribution in [3.63, 3.8) is 0 Å². The first-order chi connectivity index (χ1) is 16.0. The predicted octanol–water partition coefficient (Wildman–Crippen LogP) is 2.01. The Balaban J connectivity index is 1.42. The Labute approximate surface area is 194 Å². The molecular weight excluding hydrogens is 442 g/mol. The molecular formula is C23H25N5O4S. The Bertz CT molecular complexity index is 1190. The van der Waals surface area contributed by atoms with E-state index in [0.29, 0.717) is 49.5 Å². The van der Waals surface area contributed by atoms with Gasteiger partial charge in [-0.25, -0.2) is 4.98 Å². The van der Waals surface area contributed by atoms with Gasteiger partial charge >= 0.3 is 0 Å². The summed E-state index contributed by atoms with van der Waals surface area (Å²) in [4.78, 5) is 45.9. The molecule has 172 valence electrons. The fraction of sp³-hybridized carbons (Fsp3) is 0.391. The van der Waals surface area contributed by atoms with E-state index in [4.69, 9.17) is 4.74 Å².